The molecule has 0 atom stereocenters. The fourth-order valence-electron chi connectivity index (χ4n) is 1.79. The van der Waals surface area contributed by atoms with E-state index in [2.05, 4.69) is 34.1 Å². The summed E-state index contributed by atoms with van der Waals surface area (Å²) >= 11 is 0. The average Bonchev–Trinajstić information content (AvgIpc) is 2.45. The van der Waals surface area contributed by atoms with Gasteiger partial charge in [-0.1, -0.05) is 20.8 Å². The van der Waals surface area contributed by atoms with Gasteiger partial charge in [-0.25, -0.2) is 10.8 Å². The van der Waals surface area contributed by atoms with Gasteiger partial charge >= 0.3 is 0 Å². The predicted octanol–water partition coefficient (Wildman–Crippen LogP) is 1.35. The molecule has 6 heteroatoms. The number of aryl methyl sites for hydroxylation is 1. The van der Waals surface area contributed by atoms with Crippen LogP contribution in [0.4, 0.5) is 5.82 Å². The first kappa shape index (κ1) is 15.7. The number of hydrazine groups is 1. The third-order valence-electron chi connectivity index (χ3n) is 3.14. The summed E-state index contributed by atoms with van der Waals surface area (Å²) in [4.78, 5) is 11.0. The second kappa shape index (κ2) is 7.91. The van der Waals surface area contributed by atoms with E-state index >= 15 is 0 Å². The molecule has 0 bridgehead atoms. The van der Waals surface area contributed by atoms with E-state index in [1.807, 2.05) is 13.8 Å². The van der Waals surface area contributed by atoms with Crippen LogP contribution in [0.3, 0.4) is 0 Å². The highest BCUT2D eigenvalue weighted by Gasteiger charge is 2.11. The van der Waals surface area contributed by atoms with Crippen LogP contribution in [0.1, 0.15) is 32.2 Å². The highest BCUT2D eigenvalue weighted by Crippen LogP contribution is 2.21. The first-order valence-corrected chi connectivity index (χ1v) is 6.85. The maximum absolute atomic E-state index is 5.77. The number of nitrogen functional groups attached to an aromatic ring is 1. The second-order valence-electron chi connectivity index (χ2n) is 4.29. The summed E-state index contributed by atoms with van der Waals surface area (Å²) in [6.07, 6.45) is 0.751. The number of aromatic nitrogens is 2. The van der Waals surface area contributed by atoms with Gasteiger partial charge in [-0.3, -0.25) is 0 Å². The molecule has 0 radical (unpaired) electrons. The largest absolute Gasteiger partial charge is 0.476 e. The van der Waals surface area contributed by atoms with Crippen molar-refractivity contribution in [1.82, 2.24) is 14.9 Å². The lowest BCUT2D eigenvalue weighted by Crippen LogP contribution is -2.28. The highest BCUT2D eigenvalue weighted by molar-refractivity contribution is 5.47. The van der Waals surface area contributed by atoms with Crippen LogP contribution in [-0.4, -0.2) is 41.1 Å². The topological polar surface area (TPSA) is 76.3 Å². The fourth-order valence-corrected chi connectivity index (χ4v) is 1.79. The molecule has 1 aromatic rings. The quantitative estimate of drug-likeness (QED) is 0.547. The lowest BCUT2D eigenvalue weighted by Gasteiger charge is -2.18. The van der Waals surface area contributed by atoms with E-state index in [9.17, 15) is 0 Å². The minimum absolute atomic E-state index is 0.618. The van der Waals surface area contributed by atoms with Crippen LogP contribution < -0.4 is 16.0 Å². The summed E-state index contributed by atoms with van der Waals surface area (Å²) < 4.78 is 5.77. The monoisotopic (exact) mass is 267 g/mol. The van der Waals surface area contributed by atoms with Crippen molar-refractivity contribution < 1.29 is 4.74 Å². The molecule has 0 spiro atoms. The fraction of sp³-hybridized carbons (Fsp3) is 0.692. The number of nitrogens with zero attached hydrogens (tertiary/aromatic N) is 3. The Morgan fingerprint density at radius 1 is 1.21 bits per heavy atom. The minimum Gasteiger partial charge on any atom is -0.476 e. The van der Waals surface area contributed by atoms with Crippen LogP contribution in [0.2, 0.25) is 0 Å². The summed E-state index contributed by atoms with van der Waals surface area (Å²) in [6.45, 7) is 11.8. The van der Waals surface area contributed by atoms with Gasteiger partial charge in [0.2, 0.25) is 5.88 Å². The maximum atomic E-state index is 5.77. The van der Waals surface area contributed by atoms with Crippen molar-refractivity contribution in [1.29, 1.82) is 0 Å². The van der Waals surface area contributed by atoms with E-state index < -0.39 is 0 Å². The molecule has 0 aliphatic carbocycles. The van der Waals surface area contributed by atoms with Crippen molar-refractivity contribution in [2.45, 2.75) is 34.1 Å². The van der Waals surface area contributed by atoms with Crippen molar-refractivity contribution in [3.05, 3.63) is 11.4 Å². The maximum Gasteiger partial charge on any atom is 0.221 e. The standard InChI is InChI=1S/C13H25N5O/c1-5-11-15-12(17-14)10(4)13(16-11)19-9-8-18(6-2)7-3/h5-9,14H2,1-4H3,(H,15,16,17). The van der Waals surface area contributed by atoms with E-state index in [0.29, 0.717) is 18.3 Å². The van der Waals surface area contributed by atoms with Crippen molar-refractivity contribution in [3.8, 4) is 5.88 Å². The number of rotatable bonds is 8. The van der Waals surface area contributed by atoms with Gasteiger partial charge in [0.25, 0.3) is 0 Å². The molecule has 1 heterocycles. The molecule has 0 fully saturated rings. The molecule has 108 valence electrons. The van der Waals surface area contributed by atoms with Gasteiger partial charge in [-0.15, -0.1) is 0 Å². The normalized spacial score (nSPS) is 10.8. The zero-order valence-electron chi connectivity index (χ0n) is 12.4. The molecular formula is C13H25N5O. The lowest BCUT2D eigenvalue weighted by atomic mass is 10.3. The van der Waals surface area contributed by atoms with Gasteiger partial charge < -0.3 is 15.1 Å². The lowest BCUT2D eigenvalue weighted by molar-refractivity contribution is 0.216. The highest BCUT2D eigenvalue weighted by atomic mass is 16.5. The van der Waals surface area contributed by atoms with Gasteiger partial charge in [-0.2, -0.15) is 4.98 Å². The minimum atomic E-state index is 0.618. The Kier molecular flexibility index (Phi) is 6.52. The summed E-state index contributed by atoms with van der Waals surface area (Å²) in [6, 6.07) is 0. The molecule has 0 saturated carbocycles. The van der Waals surface area contributed by atoms with E-state index in [1.54, 1.807) is 0 Å². The Hall–Kier alpha value is -1.40. The van der Waals surface area contributed by atoms with E-state index in [4.69, 9.17) is 10.6 Å². The predicted molar refractivity (Wildman–Crippen MR) is 77.2 cm³/mol. The van der Waals surface area contributed by atoms with E-state index in [-0.39, 0.29) is 0 Å². The molecule has 0 aromatic carbocycles. The summed E-state index contributed by atoms with van der Waals surface area (Å²) in [5.74, 6) is 7.44. The second-order valence-corrected chi connectivity index (χ2v) is 4.29. The van der Waals surface area contributed by atoms with Crippen LogP contribution in [0, 0.1) is 6.92 Å². The molecule has 0 aliphatic heterocycles. The number of anilines is 1. The number of ether oxygens (including phenoxy) is 1. The van der Waals surface area contributed by atoms with Crippen molar-refractivity contribution in [2.24, 2.45) is 5.84 Å². The van der Waals surface area contributed by atoms with Crippen LogP contribution in [0.5, 0.6) is 5.88 Å². The van der Waals surface area contributed by atoms with Crippen LogP contribution in [-0.2, 0) is 6.42 Å². The summed E-state index contributed by atoms with van der Waals surface area (Å²) in [5, 5.41) is 0. The first-order valence-electron chi connectivity index (χ1n) is 6.85. The van der Waals surface area contributed by atoms with Crippen LogP contribution in [0.15, 0.2) is 0 Å². The van der Waals surface area contributed by atoms with E-state index in [0.717, 1.165) is 37.4 Å². The number of hydrogen-bond donors (Lipinski definition) is 2. The molecule has 6 nitrogen and oxygen atoms in total. The molecule has 19 heavy (non-hydrogen) atoms. The number of nitrogens with two attached hydrogens (primary N) is 1. The SMILES string of the molecule is CCc1nc(NN)c(C)c(OCCN(CC)CC)n1. The Morgan fingerprint density at radius 2 is 1.89 bits per heavy atom. The number of hydrogen-bond acceptors (Lipinski definition) is 6. The molecule has 3 N–H and O–H groups in total. The van der Waals surface area contributed by atoms with Crippen LogP contribution >= 0.6 is 0 Å². The van der Waals surface area contributed by atoms with E-state index in [1.165, 1.54) is 0 Å². The van der Waals surface area contributed by atoms with Gasteiger partial charge in [0.1, 0.15) is 18.2 Å². The molecule has 1 rings (SSSR count). The molecular weight excluding hydrogens is 242 g/mol. The Balaban J connectivity index is 2.71. The molecule has 0 aliphatic rings. The summed E-state index contributed by atoms with van der Waals surface area (Å²) in [7, 11) is 0. The van der Waals surface area contributed by atoms with Crippen LogP contribution in [0.25, 0.3) is 0 Å². The summed E-state index contributed by atoms with van der Waals surface area (Å²) in [5.41, 5.74) is 3.44. The Labute approximate surface area is 115 Å². The zero-order valence-corrected chi connectivity index (χ0v) is 12.4. The zero-order chi connectivity index (χ0) is 14.3. The number of nitrogens with one attached hydrogen (secondary N) is 1. The van der Waals surface area contributed by atoms with Gasteiger partial charge in [-0.05, 0) is 20.0 Å². The first-order chi connectivity index (χ1) is 9.15. The third-order valence-corrected chi connectivity index (χ3v) is 3.14. The molecule has 0 unspecified atom stereocenters. The molecule has 0 amide bonds. The Bertz CT molecular complexity index is 393. The average molecular weight is 267 g/mol. The van der Waals surface area contributed by atoms with Crippen molar-refractivity contribution in [3.63, 3.8) is 0 Å². The van der Waals surface area contributed by atoms with Gasteiger partial charge in [0, 0.05) is 13.0 Å². The van der Waals surface area contributed by atoms with Gasteiger partial charge in [0.15, 0.2) is 0 Å². The van der Waals surface area contributed by atoms with Crippen molar-refractivity contribution in [2.75, 3.05) is 31.7 Å². The Morgan fingerprint density at radius 3 is 2.42 bits per heavy atom. The molecule has 1 aromatic heterocycles. The molecule has 0 saturated heterocycles. The third kappa shape index (κ3) is 4.33. The van der Waals surface area contributed by atoms with Gasteiger partial charge in [0.05, 0.1) is 5.56 Å². The smallest absolute Gasteiger partial charge is 0.221 e. The number of likely N-dealkylation sites (N-methyl/N-ethyl adjacent to an activating group) is 1. The van der Waals surface area contributed by atoms with Crippen molar-refractivity contribution >= 4 is 5.82 Å².